The van der Waals surface area contributed by atoms with Gasteiger partial charge >= 0.3 is 147 Å². The molecular weight excluding hydrogens is 1970 g/mol. The zero-order valence-corrected chi connectivity index (χ0v) is 85.6. The Morgan fingerprint density at radius 2 is 0.357 bits per heavy atom. The normalized spacial score (nSPS) is 17.0. The van der Waals surface area contributed by atoms with E-state index in [0.717, 1.165) is 19.8 Å². The van der Waals surface area contributed by atoms with Crippen LogP contribution >= 0.6 is 0 Å². The summed E-state index contributed by atoms with van der Waals surface area (Å²) >= 11 is 0. The van der Waals surface area contributed by atoms with E-state index in [9.17, 15) is 128 Å². The number of carbonyl (C=O) groups is 8. The number of aliphatic hydroxyl groups is 8. The quantitative estimate of drug-likeness (QED) is 0.0240. The van der Waals surface area contributed by atoms with Crippen molar-refractivity contribution in [3.8, 4) is 0 Å². The molecule has 0 aliphatic carbocycles. The van der Waals surface area contributed by atoms with Gasteiger partial charge in [-0.1, -0.05) is 181 Å². The standard InChI is InChI=1S/2C24H44N4O12.2C19H42N.C4H6O2S.2Eu/c2*29-13-1-17(21(33)34)25-5-7-26(18(2-14-30)22(35)36)9-11-28(20(4-16-32)24(39)40)12-10-27(8-6-25)19(3-15-31)23(37)38;2*1-5-6-7-8-9-10-11-12-13-14-15-16-17-18-19-20(2,3)4;1-3-7(5,6)4-2;;/h2*17-20,29-32H,1-16H2,(H,33,34)(H,35,36)(H,37,38)(H,39,40);2*5-19H2,1-4H3;3-4H,1-2H2;;/q;;2*+1;;2*+3. The zero-order valence-electron chi connectivity index (χ0n) is 79.9. The van der Waals surface area contributed by atoms with Gasteiger partial charge in [-0.3, -0.25) is 77.6 Å². The van der Waals surface area contributed by atoms with E-state index in [0.29, 0.717) is 0 Å². The molecule has 0 spiro atoms. The van der Waals surface area contributed by atoms with Crippen LogP contribution in [-0.2, 0) is 48.2 Å². The van der Waals surface area contributed by atoms with Gasteiger partial charge in [0.25, 0.3) is 0 Å². The molecule has 8 atom stereocenters. The van der Waals surface area contributed by atoms with E-state index < -0.39 is 159 Å². The molecule has 36 nitrogen and oxygen atoms in total. The van der Waals surface area contributed by atoms with Crippen LogP contribution in [-0.4, -0.2) is 447 Å². The molecule has 8 unspecified atom stereocenters. The maximum atomic E-state index is 12.0. The average Bonchev–Trinajstić information content (AvgIpc) is 0.844. The van der Waals surface area contributed by atoms with Crippen molar-refractivity contribution in [2.24, 2.45) is 0 Å². The summed E-state index contributed by atoms with van der Waals surface area (Å²) in [4.78, 5) is 109. The number of aliphatic carboxylic acids is 8. The van der Waals surface area contributed by atoms with E-state index in [-0.39, 0.29) is 255 Å². The summed E-state index contributed by atoms with van der Waals surface area (Å²) in [5, 5.41) is 156. The SMILES string of the molecule is C=CS(=O)(=O)C=C.CCCCCCCCCCCCCCCC[N+](C)(C)C.CCCCCCCCCCCCCCCC[N+](C)(C)C.O=C(O)C(CCO)N1CCN(C(CCO)C(=O)O)CCN(C(CCO)C(=O)O)CCN(C(CCO)C(=O)O)CC1.O=C(O)C(CCO)N1CCN(C(CCO)C(=O)O)CCN(C(CCO)C(=O)O)CCN(C(CCO)C(=O)O)CC1.[Eu+3].[Eu+3]. The van der Waals surface area contributed by atoms with Crippen molar-refractivity contribution in [1.29, 1.82) is 0 Å². The molecule has 0 bridgehead atoms. The number of hydrogen-bond donors (Lipinski definition) is 16. The first-order valence-electron chi connectivity index (χ1n) is 47.0. The van der Waals surface area contributed by atoms with Crippen molar-refractivity contribution in [3.05, 3.63) is 24.0 Å². The maximum Gasteiger partial charge on any atom is 3.00 e. The number of carboxylic acids is 8. The van der Waals surface area contributed by atoms with Gasteiger partial charge in [-0.25, -0.2) is 8.42 Å². The fraction of sp³-hybridized carbons (Fsp3) is 0.867. The minimum absolute atomic E-state index is 0. The summed E-state index contributed by atoms with van der Waals surface area (Å²) in [6, 6.07) is -9.14. The molecule has 0 aromatic carbocycles. The second-order valence-corrected chi connectivity index (χ2v) is 37.2. The van der Waals surface area contributed by atoms with Crippen molar-refractivity contribution in [3.63, 3.8) is 0 Å². The topological polar surface area (TPSA) is 520 Å². The molecule has 0 aromatic heterocycles. The van der Waals surface area contributed by atoms with Gasteiger partial charge in [0.05, 0.1) is 55.4 Å². The van der Waals surface area contributed by atoms with Crippen molar-refractivity contribution >= 4 is 57.6 Å². The predicted octanol–water partition coefficient (Wildman–Crippen LogP) is 6.14. The molecule has 0 amide bonds. The third kappa shape index (κ3) is 70.0. The number of sulfone groups is 1. The van der Waals surface area contributed by atoms with Crippen LogP contribution < -0.4 is 0 Å². The summed E-state index contributed by atoms with van der Waals surface area (Å²) < 4.78 is 22.5. The van der Waals surface area contributed by atoms with E-state index in [1.807, 2.05) is 0 Å². The summed E-state index contributed by atoms with van der Waals surface area (Å²) in [6.07, 6.45) is 39.8. The molecule has 0 saturated carbocycles. The first kappa shape index (κ1) is 135. The van der Waals surface area contributed by atoms with Crippen LogP contribution in [0.25, 0.3) is 0 Å². The van der Waals surface area contributed by atoms with E-state index in [1.54, 1.807) is 0 Å². The minimum atomic E-state index is -3.13. The van der Waals surface area contributed by atoms with Crippen LogP contribution in [0.15, 0.2) is 24.0 Å². The minimum Gasteiger partial charge on any atom is -0.480 e. The van der Waals surface area contributed by atoms with E-state index >= 15 is 0 Å². The smallest absolute Gasteiger partial charge is 0.480 e. The Morgan fingerprint density at radius 1 is 0.248 bits per heavy atom. The second kappa shape index (κ2) is 84.9. The molecule has 2 aliphatic rings. The van der Waals surface area contributed by atoms with Crippen molar-refractivity contribution in [2.45, 2.75) is 293 Å². The molecule has 2 rings (SSSR count). The molecule has 16 N–H and O–H groups in total. The van der Waals surface area contributed by atoms with Gasteiger partial charge in [-0.15, -0.1) is 0 Å². The number of nitrogens with zero attached hydrogens (tertiary/aromatic N) is 10. The van der Waals surface area contributed by atoms with Crippen LogP contribution in [0.3, 0.4) is 0 Å². The summed E-state index contributed by atoms with van der Waals surface area (Å²) in [7, 11) is 10.6. The molecule has 129 heavy (non-hydrogen) atoms. The van der Waals surface area contributed by atoms with Crippen LogP contribution in [0.4, 0.5) is 0 Å². The van der Waals surface area contributed by atoms with Gasteiger partial charge in [-0.2, -0.15) is 0 Å². The molecule has 756 valence electrons. The van der Waals surface area contributed by atoms with Gasteiger partial charge in [-0.05, 0) is 77.0 Å². The molecule has 2 fully saturated rings. The Hall–Kier alpha value is -2.36. The molecule has 2 saturated heterocycles. The van der Waals surface area contributed by atoms with E-state index in [4.69, 9.17) is 0 Å². The van der Waals surface area contributed by atoms with Crippen LogP contribution in [0.2, 0.25) is 0 Å². The van der Waals surface area contributed by atoms with Gasteiger partial charge in [0.2, 0.25) is 0 Å². The number of hydrogen-bond acceptors (Lipinski definition) is 26. The summed E-state index contributed by atoms with van der Waals surface area (Å²) in [6.45, 7) is 10.3. The first-order valence-corrected chi connectivity index (χ1v) is 48.6. The first-order chi connectivity index (χ1) is 60.3. The number of aliphatic hydroxyl groups excluding tert-OH is 8. The average molecular weight is 2150 g/mol. The number of carboxylic acid groups (broad SMARTS) is 8. The molecule has 2 heterocycles. The molecular formula is C90H178Eu2N10O26S+8. The van der Waals surface area contributed by atoms with Crippen molar-refractivity contribution < 1.29 is 236 Å². The molecule has 0 aromatic rings. The van der Waals surface area contributed by atoms with Gasteiger partial charge < -0.3 is 90.7 Å². The summed E-state index contributed by atoms with van der Waals surface area (Å²) in [5.41, 5.74) is 0. The van der Waals surface area contributed by atoms with Crippen LogP contribution in [0, 0.1) is 98.8 Å². The Morgan fingerprint density at radius 3 is 0.434 bits per heavy atom. The Kier molecular flexibility index (Phi) is 88.9. The molecule has 0 radical (unpaired) electrons. The van der Waals surface area contributed by atoms with Crippen LogP contribution in [0.1, 0.15) is 245 Å². The monoisotopic (exact) mass is 2150 g/mol. The number of quaternary nitrogens is 2. The summed E-state index contributed by atoms with van der Waals surface area (Å²) in [5.74, 6) is -9.71. The van der Waals surface area contributed by atoms with E-state index in [1.165, 1.54) is 232 Å². The maximum absolute atomic E-state index is 12.0. The predicted molar refractivity (Wildman–Crippen MR) is 493 cm³/mol. The fourth-order valence-corrected chi connectivity index (χ4v) is 15.9. The third-order valence-corrected chi connectivity index (χ3v) is 24.2. The molecule has 2 aliphatic heterocycles. The number of rotatable bonds is 64. The van der Waals surface area contributed by atoms with Gasteiger partial charge in [0, 0.05) is 168 Å². The Labute approximate surface area is 855 Å². The fourth-order valence-electron chi connectivity index (χ4n) is 15.7. The van der Waals surface area contributed by atoms with Crippen LogP contribution in [0.5, 0.6) is 0 Å². The largest absolute Gasteiger partial charge is 3.00 e. The van der Waals surface area contributed by atoms with E-state index in [2.05, 4.69) is 69.3 Å². The van der Waals surface area contributed by atoms with Crippen molar-refractivity contribution in [1.82, 2.24) is 39.2 Å². The number of unbranched alkanes of at least 4 members (excludes halogenated alkanes) is 26. The Balaban J connectivity index is -0.000000536. The van der Waals surface area contributed by atoms with Gasteiger partial charge in [0.15, 0.2) is 9.84 Å². The second-order valence-electron chi connectivity index (χ2n) is 35.4. The zero-order chi connectivity index (χ0) is 96.6. The Bertz CT molecular complexity index is 2500. The van der Waals surface area contributed by atoms with Crippen molar-refractivity contribution in [2.75, 3.05) is 213 Å². The van der Waals surface area contributed by atoms with Gasteiger partial charge in [0.1, 0.15) is 48.3 Å². The molecule has 39 heteroatoms. The third-order valence-electron chi connectivity index (χ3n) is 23.3.